The third-order valence-electron chi connectivity index (χ3n) is 5.97. The second-order valence-corrected chi connectivity index (χ2v) is 8.05. The second kappa shape index (κ2) is 9.85. The average Bonchev–Trinajstić information content (AvgIpc) is 2.69. The number of nitrogens with zero attached hydrogens (tertiary/aromatic N) is 2. The molecule has 0 unspecified atom stereocenters. The van der Waals surface area contributed by atoms with Gasteiger partial charge in [0, 0.05) is 24.4 Å². The standard InChI is InChI=1S/C24H34N2/c1-3-5-19-7-9-21(10-8-19)13-16-24-25-17-23(18-26-24)22-14-11-20(6-4-2)12-15-22/h11-12,14-15,17-19,21H,3-10,13,16H2,1-2H3. The van der Waals surface area contributed by atoms with Gasteiger partial charge in [-0.25, -0.2) is 9.97 Å². The van der Waals surface area contributed by atoms with Crippen molar-refractivity contribution in [2.24, 2.45) is 11.8 Å². The summed E-state index contributed by atoms with van der Waals surface area (Å²) in [7, 11) is 0. The molecule has 26 heavy (non-hydrogen) atoms. The van der Waals surface area contributed by atoms with E-state index in [0.29, 0.717) is 0 Å². The number of rotatable bonds is 8. The van der Waals surface area contributed by atoms with Gasteiger partial charge in [-0.2, -0.15) is 0 Å². The van der Waals surface area contributed by atoms with E-state index in [1.165, 1.54) is 62.5 Å². The maximum Gasteiger partial charge on any atom is 0.128 e. The first kappa shape index (κ1) is 19.1. The lowest BCUT2D eigenvalue weighted by Gasteiger charge is -2.28. The third kappa shape index (κ3) is 5.40. The number of aryl methyl sites for hydroxylation is 2. The molecule has 0 atom stereocenters. The van der Waals surface area contributed by atoms with Crippen LogP contribution >= 0.6 is 0 Å². The van der Waals surface area contributed by atoms with E-state index in [9.17, 15) is 0 Å². The molecule has 140 valence electrons. The van der Waals surface area contributed by atoms with Crippen LogP contribution in [0.5, 0.6) is 0 Å². The highest BCUT2D eigenvalue weighted by atomic mass is 14.9. The largest absolute Gasteiger partial charge is 0.241 e. The van der Waals surface area contributed by atoms with E-state index in [-0.39, 0.29) is 0 Å². The van der Waals surface area contributed by atoms with Gasteiger partial charge in [0.2, 0.25) is 0 Å². The van der Waals surface area contributed by atoms with Crippen LogP contribution in [-0.2, 0) is 12.8 Å². The fraction of sp³-hybridized carbons (Fsp3) is 0.583. The first-order valence-corrected chi connectivity index (χ1v) is 10.7. The SMILES string of the molecule is CCCc1ccc(-c2cnc(CCC3CCC(CCC)CC3)nc2)cc1. The van der Waals surface area contributed by atoms with E-state index >= 15 is 0 Å². The first-order valence-electron chi connectivity index (χ1n) is 10.7. The van der Waals surface area contributed by atoms with Crippen LogP contribution in [0.4, 0.5) is 0 Å². The van der Waals surface area contributed by atoms with Gasteiger partial charge in [-0.3, -0.25) is 0 Å². The molecule has 1 aromatic heterocycles. The summed E-state index contributed by atoms with van der Waals surface area (Å²) in [6, 6.07) is 8.83. The summed E-state index contributed by atoms with van der Waals surface area (Å²) in [5, 5.41) is 0. The molecule has 0 aliphatic heterocycles. The van der Waals surface area contributed by atoms with Crippen molar-refractivity contribution in [1.82, 2.24) is 9.97 Å². The molecule has 1 aliphatic rings. The third-order valence-corrected chi connectivity index (χ3v) is 5.97. The Balaban J connectivity index is 1.49. The van der Waals surface area contributed by atoms with Crippen LogP contribution < -0.4 is 0 Å². The topological polar surface area (TPSA) is 25.8 Å². The van der Waals surface area contributed by atoms with Crippen molar-refractivity contribution < 1.29 is 0 Å². The fourth-order valence-electron chi connectivity index (χ4n) is 4.34. The Labute approximate surface area is 159 Å². The van der Waals surface area contributed by atoms with Gasteiger partial charge in [0.05, 0.1) is 0 Å². The number of hydrogen-bond acceptors (Lipinski definition) is 2. The van der Waals surface area contributed by atoms with Gasteiger partial charge in [-0.15, -0.1) is 0 Å². The molecule has 0 spiro atoms. The Morgan fingerprint density at radius 1 is 0.731 bits per heavy atom. The second-order valence-electron chi connectivity index (χ2n) is 8.05. The molecule has 1 saturated carbocycles. The molecule has 2 aromatic rings. The lowest BCUT2D eigenvalue weighted by Crippen LogP contribution is -2.15. The molecule has 0 amide bonds. The zero-order valence-corrected chi connectivity index (χ0v) is 16.6. The van der Waals surface area contributed by atoms with Crippen molar-refractivity contribution in [3.05, 3.63) is 48.0 Å². The van der Waals surface area contributed by atoms with Gasteiger partial charge in [0.25, 0.3) is 0 Å². The van der Waals surface area contributed by atoms with Crippen molar-refractivity contribution in [3.8, 4) is 11.1 Å². The summed E-state index contributed by atoms with van der Waals surface area (Å²) in [5.41, 5.74) is 3.74. The van der Waals surface area contributed by atoms with Crippen molar-refractivity contribution in [2.45, 2.75) is 78.1 Å². The molecule has 2 heteroatoms. The zero-order chi connectivity index (χ0) is 18.2. The maximum absolute atomic E-state index is 4.63. The van der Waals surface area contributed by atoms with E-state index in [1.54, 1.807) is 0 Å². The highest BCUT2D eigenvalue weighted by molar-refractivity contribution is 5.61. The normalized spacial score (nSPS) is 20.2. The van der Waals surface area contributed by atoms with Crippen LogP contribution in [0, 0.1) is 11.8 Å². The van der Waals surface area contributed by atoms with Crippen molar-refractivity contribution >= 4 is 0 Å². The molecule has 1 heterocycles. The summed E-state index contributed by atoms with van der Waals surface area (Å²) in [6.07, 6.45) is 17.1. The molecule has 0 radical (unpaired) electrons. The predicted octanol–water partition coefficient (Wildman–Crippen LogP) is 6.64. The maximum atomic E-state index is 4.63. The zero-order valence-electron chi connectivity index (χ0n) is 16.6. The molecule has 1 fully saturated rings. The molecule has 0 saturated heterocycles. The van der Waals surface area contributed by atoms with E-state index in [2.05, 4.69) is 48.1 Å². The lowest BCUT2D eigenvalue weighted by atomic mass is 9.78. The molecule has 0 N–H and O–H groups in total. The quantitative estimate of drug-likeness (QED) is 0.533. The fourth-order valence-corrected chi connectivity index (χ4v) is 4.34. The molecule has 2 nitrogen and oxygen atoms in total. The van der Waals surface area contributed by atoms with Crippen molar-refractivity contribution in [2.75, 3.05) is 0 Å². The van der Waals surface area contributed by atoms with Crippen LogP contribution in [0.2, 0.25) is 0 Å². The smallest absolute Gasteiger partial charge is 0.128 e. The summed E-state index contributed by atoms with van der Waals surface area (Å²) in [4.78, 5) is 9.26. The highest BCUT2D eigenvalue weighted by Gasteiger charge is 2.20. The Bertz CT molecular complexity index is 637. The summed E-state index contributed by atoms with van der Waals surface area (Å²) in [6.45, 7) is 4.53. The Morgan fingerprint density at radius 3 is 1.92 bits per heavy atom. The number of hydrogen-bond donors (Lipinski definition) is 0. The van der Waals surface area contributed by atoms with Gasteiger partial charge in [-0.1, -0.05) is 83.1 Å². The molecule has 3 rings (SSSR count). The minimum atomic E-state index is 0.887. The molecular weight excluding hydrogens is 316 g/mol. The van der Waals surface area contributed by atoms with Gasteiger partial charge < -0.3 is 0 Å². The molecule has 0 bridgehead atoms. The Hall–Kier alpha value is -1.70. The first-order chi connectivity index (χ1) is 12.8. The van der Waals surface area contributed by atoms with Gasteiger partial charge in [-0.05, 0) is 35.8 Å². The summed E-state index contributed by atoms with van der Waals surface area (Å²) < 4.78 is 0. The number of aromatic nitrogens is 2. The Morgan fingerprint density at radius 2 is 1.35 bits per heavy atom. The van der Waals surface area contributed by atoms with Crippen molar-refractivity contribution in [1.29, 1.82) is 0 Å². The lowest BCUT2D eigenvalue weighted by molar-refractivity contribution is 0.251. The van der Waals surface area contributed by atoms with Crippen LogP contribution in [0.3, 0.4) is 0 Å². The minimum Gasteiger partial charge on any atom is -0.241 e. The van der Waals surface area contributed by atoms with Crippen LogP contribution in [0.25, 0.3) is 11.1 Å². The molecular formula is C24H34N2. The van der Waals surface area contributed by atoms with Crippen molar-refractivity contribution in [3.63, 3.8) is 0 Å². The summed E-state index contributed by atoms with van der Waals surface area (Å²) in [5.74, 6) is 2.89. The van der Waals surface area contributed by atoms with Crippen LogP contribution in [0.1, 0.15) is 76.6 Å². The van der Waals surface area contributed by atoms with Gasteiger partial charge >= 0.3 is 0 Å². The van der Waals surface area contributed by atoms with E-state index in [1.807, 2.05) is 12.4 Å². The van der Waals surface area contributed by atoms with Crippen LogP contribution in [-0.4, -0.2) is 9.97 Å². The Kier molecular flexibility index (Phi) is 7.22. The van der Waals surface area contributed by atoms with E-state index in [0.717, 1.165) is 36.1 Å². The average molecular weight is 351 g/mol. The van der Waals surface area contributed by atoms with Gasteiger partial charge in [0.1, 0.15) is 5.82 Å². The van der Waals surface area contributed by atoms with Gasteiger partial charge in [0.15, 0.2) is 0 Å². The van der Waals surface area contributed by atoms with E-state index < -0.39 is 0 Å². The van der Waals surface area contributed by atoms with E-state index in [4.69, 9.17) is 0 Å². The highest BCUT2D eigenvalue weighted by Crippen LogP contribution is 2.33. The monoisotopic (exact) mass is 350 g/mol. The predicted molar refractivity (Wildman–Crippen MR) is 110 cm³/mol. The number of benzene rings is 1. The minimum absolute atomic E-state index is 0.887. The molecule has 1 aromatic carbocycles. The van der Waals surface area contributed by atoms with Crippen LogP contribution in [0.15, 0.2) is 36.7 Å². The molecule has 1 aliphatic carbocycles. The summed E-state index contributed by atoms with van der Waals surface area (Å²) >= 11 is 0.